The number of anilines is 2. The topological polar surface area (TPSA) is 61.3 Å². The Bertz CT molecular complexity index is 550. The molecule has 0 unspecified atom stereocenters. The molecule has 0 saturated carbocycles. The highest BCUT2D eigenvalue weighted by atomic mass is 16.5. The number of aryl methyl sites for hydroxylation is 3. The third-order valence-corrected chi connectivity index (χ3v) is 2.82. The van der Waals surface area contributed by atoms with E-state index in [4.69, 9.17) is 16.2 Å². The minimum absolute atomic E-state index is 0.697. The van der Waals surface area contributed by atoms with Gasteiger partial charge in [-0.25, -0.2) is 0 Å². The van der Waals surface area contributed by atoms with Gasteiger partial charge >= 0.3 is 0 Å². The highest BCUT2D eigenvalue weighted by Crippen LogP contribution is 2.20. The van der Waals surface area contributed by atoms with E-state index in [1.54, 1.807) is 7.11 Å². The lowest BCUT2D eigenvalue weighted by Gasteiger charge is -2.03. The van der Waals surface area contributed by atoms with Gasteiger partial charge in [-0.1, -0.05) is 18.2 Å². The molecule has 2 aromatic rings. The van der Waals surface area contributed by atoms with E-state index in [1.165, 1.54) is 5.56 Å². The first-order chi connectivity index (χ1) is 8.93. The quantitative estimate of drug-likeness (QED) is 0.770. The van der Waals surface area contributed by atoms with Crippen molar-refractivity contribution in [2.45, 2.75) is 20.8 Å². The summed E-state index contributed by atoms with van der Waals surface area (Å²) in [7, 11) is 1.61. The Balaban J connectivity index is 0.000000191. The molecule has 19 heavy (non-hydrogen) atoms. The molecular formula is C16H22N2O. The van der Waals surface area contributed by atoms with E-state index in [0.717, 1.165) is 22.6 Å². The first-order valence-corrected chi connectivity index (χ1v) is 6.17. The molecule has 0 radical (unpaired) electrons. The molecule has 0 bridgehead atoms. The van der Waals surface area contributed by atoms with E-state index >= 15 is 0 Å². The predicted octanol–water partition coefficient (Wildman–Crippen LogP) is 3.47. The van der Waals surface area contributed by atoms with Gasteiger partial charge in [-0.2, -0.15) is 0 Å². The van der Waals surface area contributed by atoms with E-state index < -0.39 is 0 Å². The Labute approximate surface area is 115 Å². The van der Waals surface area contributed by atoms with Crippen LogP contribution in [0, 0.1) is 20.8 Å². The second-order valence-corrected chi connectivity index (χ2v) is 4.61. The van der Waals surface area contributed by atoms with Crippen molar-refractivity contribution in [2.75, 3.05) is 18.6 Å². The van der Waals surface area contributed by atoms with E-state index in [1.807, 2.05) is 51.1 Å². The van der Waals surface area contributed by atoms with Crippen molar-refractivity contribution in [1.82, 2.24) is 0 Å². The molecule has 0 aliphatic carbocycles. The number of benzene rings is 2. The Hall–Kier alpha value is -2.16. The first-order valence-electron chi connectivity index (χ1n) is 6.17. The first kappa shape index (κ1) is 14.9. The second-order valence-electron chi connectivity index (χ2n) is 4.61. The maximum atomic E-state index is 5.62. The molecule has 0 aliphatic rings. The highest BCUT2D eigenvalue weighted by Gasteiger charge is 1.95. The van der Waals surface area contributed by atoms with Crippen molar-refractivity contribution < 1.29 is 4.74 Å². The SMILES string of the molecule is COc1ccc(C)cc1N.Cc1ccc(C)c(N)c1. The molecule has 0 saturated heterocycles. The van der Waals surface area contributed by atoms with Crippen LogP contribution in [0.25, 0.3) is 0 Å². The number of hydrogen-bond acceptors (Lipinski definition) is 3. The van der Waals surface area contributed by atoms with Gasteiger partial charge in [0.1, 0.15) is 5.75 Å². The number of nitrogens with two attached hydrogens (primary N) is 2. The maximum absolute atomic E-state index is 5.62. The minimum Gasteiger partial charge on any atom is -0.495 e. The van der Waals surface area contributed by atoms with Gasteiger partial charge in [0.2, 0.25) is 0 Å². The van der Waals surface area contributed by atoms with Crippen molar-refractivity contribution in [2.24, 2.45) is 0 Å². The number of rotatable bonds is 1. The molecule has 0 atom stereocenters. The third kappa shape index (κ3) is 4.54. The van der Waals surface area contributed by atoms with Gasteiger partial charge in [0.05, 0.1) is 12.8 Å². The summed E-state index contributed by atoms with van der Waals surface area (Å²) in [6, 6.07) is 11.8. The summed E-state index contributed by atoms with van der Waals surface area (Å²) >= 11 is 0. The third-order valence-electron chi connectivity index (χ3n) is 2.82. The van der Waals surface area contributed by atoms with Crippen molar-refractivity contribution in [3.8, 4) is 5.75 Å². The smallest absolute Gasteiger partial charge is 0.141 e. The Kier molecular flexibility index (Phi) is 5.24. The van der Waals surface area contributed by atoms with E-state index in [0.29, 0.717) is 5.69 Å². The van der Waals surface area contributed by atoms with Crippen LogP contribution in [-0.2, 0) is 0 Å². The Morgan fingerprint density at radius 1 is 0.789 bits per heavy atom. The lowest BCUT2D eigenvalue weighted by atomic mass is 10.1. The van der Waals surface area contributed by atoms with Crippen molar-refractivity contribution in [3.05, 3.63) is 53.1 Å². The fourth-order valence-corrected chi connectivity index (χ4v) is 1.61. The summed E-state index contributed by atoms with van der Waals surface area (Å²) in [4.78, 5) is 0. The molecule has 0 aliphatic heterocycles. The van der Waals surface area contributed by atoms with Gasteiger partial charge in [0, 0.05) is 5.69 Å². The summed E-state index contributed by atoms with van der Waals surface area (Å²) in [6.07, 6.45) is 0. The zero-order valence-electron chi connectivity index (χ0n) is 12.0. The Morgan fingerprint density at radius 3 is 1.74 bits per heavy atom. The molecule has 0 amide bonds. The van der Waals surface area contributed by atoms with Gasteiger partial charge < -0.3 is 16.2 Å². The van der Waals surface area contributed by atoms with E-state index in [-0.39, 0.29) is 0 Å². The van der Waals surface area contributed by atoms with Crippen LogP contribution in [0.5, 0.6) is 5.75 Å². The Morgan fingerprint density at radius 2 is 1.32 bits per heavy atom. The van der Waals surface area contributed by atoms with Crippen LogP contribution in [0.4, 0.5) is 11.4 Å². The summed E-state index contributed by atoms with van der Waals surface area (Å²) in [5.74, 6) is 0.741. The van der Waals surface area contributed by atoms with Crippen LogP contribution in [0.15, 0.2) is 36.4 Å². The van der Waals surface area contributed by atoms with Crippen LogP contribution in [0.2, 0.25) is 0 Å². The highest BCUT2D eigenvalue weighted by molar-refractivity contribution is 5.53. The molecule has 102 valence electrons. The molecule has 0 fully saturated rings. The number of methoxy groups -OCH3 is 1. The van der Waals surface area contributed by atoms with Crippen molar-refractivity contribution >= 4 is 11.4 Å². The predicted molar refractivity (Wildman–Crippen MR) is 82.5 cm³/mol. The average molecular weight is 258 g/mol. The molecule has 4 N–H and O–H groups in total. The summed E-state index contributed by atoms with van der Waals surface area (Å²) in [5.41, 5.74) is 16.3. The lowest BCUT2D eigenvalue weighted by Crippen LogP contribution is -1.91. The van der Waals surface area contributed by atoms with Gasteiger partial charge in [-0.3, -0.25) is 0 Å². The van der Waals surface area contributed by atoms with Crippen LogP contribution in [0.3, 0.4) is 0 Å². The average Bonchev–Trinajstić information content (AvgIpc) is 2.35. The van der Waals surface area contributed by atoms with Gasteiger partial charge in [0.15, 0.2) is 0 Å². The molecule has 0 spiro atoms. The summed E-state index contributed by atoms with van der Waals surface area (Å²) in [6.45, 7) is 6.04. The zero-order valence-corrected chi connectivity index (χ0v) is 12.0. The molecule has 2 aromatic carbocycles. The van der Waals surface area contributed by atoms with Crippen LogP contribution in [0.1, 0.15) is 16.7 Å². The minimum atomic E-state index is 0.697. The molecule has 3 heteroatoms. The van der Waals surface area contributed by atoms with Crippen LogP contribution in [-0.4, -0.2) is 7.11 Å². The number of hydrogen-bond donors (Lipinski definition) is 2. The fourth-order valence-electron chi connectivity index (χ4n) is 1.61. The zero-order chi connectivity index (χ0) is 14.4. The molecular weight excluding hydrogens is 236 g/mol. The number of nitrogen functional groups attached to an aromatic ring is 2. The van der Waals surface area contributed by atoms with Gasteiger partial charge in [0.25, 0.3) is 0 Å². The summed E-state index contributed by atoms with van der Waals surface area (Å²) in [5, 5.41) is 0. The number of ether oxygens (including phenoxy) is 1. The maximum Gasteiger partial charge on any atom is 0.141 e. The monoisotopic (exact) mass is 258 g/mol. The van der Waals surface area contributed by atoms with E-state index in [2.05, 4.69) is 6.07 Å². The molecule has 0 aromatic heterocycles. The molecule has 2 rings (SSSR count). The lowest BCUT2D eigenvalue weighted by molar-refractivity contribution is 0.417. The fraction of sp³-hybridized carbons (Fsp3) is 0.250. The van der Waals surface area contributed by atoms with Gasteiger partial charge in [-0.15, -0.1) is 0 Å². The molecule has 3 nitrogen and oxygen atoms in total. The van der Waals surface area contributed by atoms with E-state index in [9.17, 15) is 0 Å². The van der Waals surface area contributed by atoms with Gasteiger partial charge in [-0.05, 0) is 55.7 Å². The molecule has 0 heterocycles. The van der Waals surface area contributed by atoms with Crippen LogP contribution < -0.4 is 16.2 Å². The van der Waals surface area contributed by atoms with Crippen molar-refractivity contribution in [3.63, 3.8) is 0 Å². The largest absolute Gasteiger partial charge is 0.495 e. The normalized spacial score (nSPS) is 9.47. The second kappa shape index (κ2) is 6.69. The summed E-state index contributed by atoms with van der Waals surface area (Å²) < 4.78 is 4.97. The standard InChI is InChI=1S/C8H11NO.C8H11N/c1-6-3-4-8(10-2)7(9)5-6;1-6-3-4-7(2)8(9)5-6/h3-5H,9H2,1-2H3;3-5H,9H2,1-2H3. The van der Waals surface area contributed by atoms with Crippen LogP contribution >= 0.6 is 0 Å². The van der Waals surface area contributed by atoms with Crippen molar-refractivity contribution in [1.29, 1.82) is 0 Å².